The molecule has 1 aromatic carbocycles. The SMILES string of the molecule is CCC1CCC(C(=O)N2CC(=O)Nc3ccc(C#N)cc32)CC1. The number of amides is 2. The van der Waals surface area contributed by atoms with E-state index < -0.39 is 0 Å². The number of nitriles is 1. The highest BCUT2D eigenvalue weighted by atomic mass is 16.2. The van der Waals surface area contributed by atoms with E-state index in [4.69, 9.17) is 5.26 Å². The number of rotatable bonds is 2. The summed E-state index contributed by atoms with van der Waals surface area (Å²) < 4.78 is 0. The fourth-order valence-corrected chi connectivity index (χ4v) is 3.58. The maximum Gasteiger partial charge on any atom is 0.244 e. The van der Waals surface area contributed by atoms with Gasteiger partial charge in [0.2, 0.25) is 11.8 Å². The quantitative estimate of drug-likeness (QED) is 0.912. The maximum atomic E-state index is 12.9. The lowest BCUT2D eigenvalue weighted by atomic mass is 9.80. The number of carbonyl (C=O) groups excluding carboxylic acids is 2. The van der Waals surface area contributed by atoms with E-state index in [0.717, 1.165) is 31.6 Å². The van der Waals surface area contributed by atoms with Crippen molar-refractivity contribution in [2.24, 2.45) is 11.8 Å². The van der Waals surface area contributed by atoms with E-state index in [-0.39, 0.29) is 24.3 Å². The Kier molecular flexibility index (Phi) is 4.33. The first-order valence-electron chi connectivity index (χ1n) is 8.27. The molecule has 0 radical (unpaired) electrons. The molecule has 120 valence electrons. The smallest absolute Gasteiger partial charge is 0.244 e. The summed E-state index contributed by atoms with van der Waals surface area (Å²) in [5, 5.41) is 11.9. The predicted molar refractivity (Wildman–Crippen MR) is 87.9 cm³/mol. The zero-order chi connectivity index (χ0) is 16.4. The van der Waals surface area contributed by atoms with Crippen molar-refractivity contribution in [1.82, 2.24) is 0 Å². The number of hydrogen-bond acceptors (Lipinski definition) is 3. The van der Waals surface area contributed by atoms with E-state index in [9.17, 15) is 9.59 Å². The molecule has 1 aromatic rings. The third kappa shape index (κ3) is 3.07. The second-order valence-corrected chi connectivity index (χ2v) is 6.44. The summed E-state index contributed by atoms with van der Waals surface area (Å²) in [4.78, 5) is 26.4. The van der Waals surface area contributed by atoms with Gasteiger partial charge in [-0.2, -0.15) is 5.26 Å². The van der Waals surface area contributed by atoms with Crippen molar-refractivity contribution in [3.63, 3.8) is 0 Å². The normalized spacial score (nSPS) is 23.7. The molecule has 0 spiro atoms. The standard InChI is InChI=1S/C18H21N3O2/c1-2-12-3-6-14(7-4-12)18(23)21-11-17(22)20-15-8-5-13(10-19)9-16(15)21/h5,8-9,12,14H,2-4,6-7,11H2,1H3,(H,20,22). The first kappa shape index (κ1) is 15.5. The molecule has 1 N–H and O–H groups in total. The van der Waals surface area contributed by atoms with Crippen LogP contribution in [0.1, 0.15) is 44.6 Å². The van der Waals surface area contributed by atoms with Crippen LogP contribution in [-0.2, 0) is 9.59 Å². The minimum atomic E-state index is -0.183. The average Bonchev–Trinajstić information content (AvgIpc) is 2.60. The molecule has 0 saturated heterocycles. The Morgan fingerprint density at radius 2 is 2.09 bits per heavy atom. The molecular formula is C18H21N3O2. The van der Waals surface area contributed by atoms with Crippen LogP contribution in [0.2, 0.25) is 0 Å². The van der Waals surface area contributed by atoms with Gasteiger partial charge in [0.1, 0.15) is 6.54 Å². The predicted octanol–water partition coefficient (Wildman–Crippen LogP) is 3.06. The highest BCUT2D eigenvalue weighted by Crippen LogP contribution is 2.36. The first-order chi connectivity index (χ1) is 11.1. The molecule has 5 heteroatoms. The van der Waals surface area contributed by atoms with Gasteiger partial charge in [-0.25, -0.2) is 0 Å². The molecule has 0 bridgehead atoms. The molecule has 1 aliphatic carbocycles. The number of anilines is 2. The fraction of sp³-hybridized carbons (Fsp3) is 0.500. The van der Waals surface area contributed by atoms with E-state index in [0.29, 0.717) is 16.9 Å². The lowest BCUT2D eigenvalue weighted by Crippen LogP contribution is -2.45. The van der Waals surface area contributed by atoms with Gasteiger partial charge < -0.3 is 10.2 Å². The van der Waals surface area contributed by atoms with Gasteiger partial charge in [0, 0.05) is 5.92 Å². The molecule has 1 fully saturated rings. The van der Waals surface area contributed by atoms with Crippen molar-refractivity contribution < 1.29 is 9.59 Å². The molecule has 2 aliphatic rings. The Balaban J connectivity index is 1.84. The van der Waals surface area contributed by atoms with Crippen molar-refractivity contribution in [3.05, 3.63) is 23.8 Å². The van der Waals surface area contributed by atoms with E-state index in [2.05, 4.69) is 18.3 Å². The van der Waals surface area contributed by atoms with E-state index in [1.54, 1.807) is 23.1 Å². The van der Waals surface area contributed by atoms with E-state index in [1.807, 2.05) is 0 Å². The van der Waals surface area contributed by atoms with Crippen LogP contribution in [0.4, 0.5) is 11.4 Å². The highest BCUT2D eigenvalue weighted by Gasteiger charge is 2.33. The number of fused-ring (bicyclic) bond motifs is 1. The van der Waals surface area contributed by atoms with E-state index >= 15 is 0 Å². The lowest BCUT2D eigenvalue weighted by molar-refractivity contribution is -0.125. The van der Waals surface area contributed by atoms with E-state index in [1.165, 1.54) is 6.42 Å². The largest absolute Gasteiger partial charge is 0.323 e. The van der Waals surface area contributed by atoms with Crippen LogP contribution in [0.15, 0.2) is 18.2 Å². The van der Waals surface area contributed by atoms with Gasteiger partial charge in [-0.1, -0.05) is 13.3 Å². The van der Waals surface area contributed by atoms with Crippen molar-refractivity contribution in [1.29, 1.82) is 5.26 Å². The Morgan fingerprint density at radius 3 is 2.74 bits per heavy atom. The zero-order valence-corrected chi connectivity index (χ0v) is 13.3. The molecule has 3 rings (SSSR count). The molecule has 1 aliphatic heterocycles. The Hall–Kier alpha value is -2.35. The third-order valence-electron chi connectivity index (χ3n) is 5.03. The molecule has 0 atom stereocenters. The number of benzene rings is 1. The van der Waals surface area contributed by atoms with Crippen molar-refractivity contribution in [2.75, 3.05) is 16.8 Å². The monoisotopic (exact) mass is 311 g/mol. The summed E-state index contributed by atoms with van der Waals surface area (Å²) in [7, 11) is 0. The van der Waals surface area contributed by atoms with Crippen molar-refractivity contribution in [3.8, 4) is 6.07 Å². The Morgan fingerprint density at radius 1 is 1.35 bits per heavy atom. The Bertz CT molecular complexity index is 669. The molecule has 0 aromatic heterocycles. The topological polar surface area (TPSA) is 73.2 Å². The minimum absolute atomic E-state index is 0.0118. The average molecular weight is 311 g/mol. The Labute approximate surface area is 136 Å². The minimum Gasteiger partial charge on any atom is -0.323 e. The van der Waals surface area contributed by atoms with Gasteiger partial charge in [0.15, 0.2) is 0 Å². The molecule has 0 unspecified atom stereocenters. The third-order valence-corrected chi connectivity index (χ3v) is 5.03. The summed E-state index contributed by atoms with van der Waals surface area (Å²) in [5.41, 5.74) is 1.74. The van der Waals surface area contributed by atoms with Crippen LogP contribution >= 0.6 is 0 Å². The van der Waals surface area contributed by atoms with Gasteiger partial charge >= 0.3 is 0 Å². The van der Waals surface area contributed by atoms with Crippen LogP contribution in [0.25, 0.3) is 0 Å². The number of carbonyl (C=O) groups is 2. The second kappa shape index (κ2) is 6.41. The van der Waals surface area contributed by atoms with Gasteiger partial charge in [0.25, 0.3) is 0 Å². The van der Waals surface area contributed by atoms with Crippen LogP contribution in [0.5, 0.6) is 0 Å². The highest BCUT2D eigenvalue weighted by molar-refractivity contribution is 6.10. The molecular weight excluding hydrogens is 290 g/mol. The summed E-state index contributed by atoms with van der Waals surface area (Å²) >= 11 is 0. The number of nitrogens with zero attached hydrogens (tertiary/aromatic N) is 2. The summed E-state index contributed by atoms with van der Waals surface area (Å²) in [5.74, 6) is 0.548. The first-order valence-corrected chi connectivity index (χ1v) is 8.27. The number of nitrogens with one attached hydrogen (secondary N) is 1. The van der Waals surface area contributed by atoms with Gasteiger partial charge in [-0.3, -0.25) is 9.59 Å². The summed E-state index contributed by atoms with van der Waals surface area (Å²) in [6.07, 6.45) is 5.11. The molecule has 23 heavy (non-hydrogen) atoms. The maximum absolute atomic E-state index is 12.9. The molecule has 1 heterocycles. The fourth-order valence-electron chi connectivity index (χ4n) is 3.58. The van der Waals surface area contributed by atoms with Crippen LogP contribution in [-0.4, -0.2) is 18.4 Å². The van der Waals surface area contributed by atoms with Gasteiger partial charge in [0.05, 0.1) is 23.0 Å². The molecule has 5 nitrogen and oxygen atoms in total. The van der Waals surface area contributed by atoms with Crippen LogP contribution < -0.4 is 10.2 Å². The summed E-state index contributed by atoms with van der Waals surface area (Å²) in [6.45, 7) is 2.23. The lowest BCUT2D eigenvalue weighted by Gasteiger charge is -2.34. The van der Waals surface area contributed by atoms with Crippen molar-refractivity contribution >= 4 is 23.2 Å². The summed E-state index contributed by atoms with van der Waals surface area (Å²) in [6, 6.07) is 7.12. The van der Waals surface area contributed by atoms with Crippen LogP contribution in [0.3, 0.4) is 0 Å². The van der Waals surface area contributed by atoms with Crippen molar-refractivity contribution in [2.45, 2.75) is 39.0 Å². The van der Waals surface area contributed by atoms with Gasteiger partial charge in [-0.15, -0.1) is 0 Å². The molecule has 2 amide bonds. The number of hydrogen-bond donors (Lipinski definition) is 1. The second-order valence-electron chi connectivity index (χ2n) is 6.44. The van der Waals surface area contributed by atoms with Gasteiger partial charge in [-0.05, 0) is 49.8 Å². The zero-order valence-electron chi connectivity index (χ0n) is 13.3. The van der Waals surface area contributed by atoms with Crippen LogP contribution in [0, 0.1) is 23.2 Å². The molecule has 1 saturated carbocycles.